The molecule has 1 heterocycles. The van der Waals surface area contributed by atoms with Crippen LogP contribution in [0.2, 0.25) is 0 Å². The number of benzene rings is 2. The zero-order chi connectivity index (χ0) is 20.1. The van der Waals surface area contributed by atoms with E-state index >= 15 is 0 Å². The van der Waals surface area contributed by atoms with Gasteiger partial charge in [0.1, 0.15) is 24.9 Å². The van der Waals surface area contributed by atoms with E-state index in [2.05, 4.69) is 0 Å². The van der Waals surface area contributed by atoms with Crippen LogP contribution in [0, 0.1) is 0 Å². The Morgan fingerprint density at radius 2 is 1.36 bits per heavy atom. The average Bonchev–Trinajstić information content (AvgIpc) is 2.73. The Balaban J connectivity index is 1.65. The second-order valence-corrected chi connectivity index (χ2v) is 6.25. The van der Waals surface area contributed by atoms with Crippen LogP contribution in [0.1, 0.15) is 20.7 Å². The molecule has 0 saturated carbocycles. The Morgan fingerprint density at radius 3 is 1.93 bits per heavy atom. The van der Waals surface area contributed by atoms with Gasteiger partial charge in [-0.25, -0.2) is 9.59 Å². The maximum absolute atomic E-state index is 12.2. The number of esters is 2. The molecule has 0 bridgehead atoms. The fourth-order valence-corrected chi connectivity index (χ4v) is 2.77. The van der Waals surface area contributed by atoms with Gasteiger partial charge in [0.15, 0.2) is 12.4 Å². The zero-order valence-electron chi connectivity index (χ0n) is 14.8. The summed E-state index contributed by atoms with van der Waals surface area (Å²) in [5.41, 5.74) is 0.523. The molecule has 1 saturated heterocycles. The molecule has 0 radical (unpaired) electrons. The van der Waals surface area contributed by atoms with Gasteiger partial charge in [-0.3, -0.25) is 0 Å². The molecule has 0 aliphatic carbocycles. The van der Waals surface area contributed by atoms with E-state index in [1.807, 2.05) is 0 Å². The van der Waals surface area contributed by atoms with Crippen LogP contribution in [0.4, 0.5) is 0 Å². The lowest BCUT2D eigenvalue weighted by Gasteiger charge is -2.39. The SMILES string of the molecule is O=C(OC[C@H]1O[C@H](O)[C@H](O)[C@@H](OC(=O)c2ccccc2)[C@H]1O)c1ccccc1. The van der Waals surface area contributed by atoms with Gasteiger partial charge in [0, 0.05) is 0 Å². The molecular formula is C20H20O8. The van der Waals surface area contributed by atoms with Gasteiger partial charge in [-0.05, 0) is 24.3 Å². The van der Waals surface area contributed by atoms with E-state index in [-0.39, 0.29) is 5.56 Å². The first-order chi connectivity index (χ1) is 13.5. The Hall–Kier alpha value is -2.78. The van der Waals surface area contributed by atoms with Crippen LogP contribution in [0.15, 0.2) is 60.7 Å². The Labute approximate surface area is 160 Å². The third-order valence-electron chi connectivity index (χ3n) is 4.30. The van der Waals surface area contributed by atoms with Crippen molar-refractivity contribution in [3.05, 3.63) is 71.8 Å². The summed E-state index contributed by atoms with van der Waals surface area (Å²) in [6.07, 6.45) is -7.56. The summed E-state index contributed by atoms with van der Waals surface area (Å²) in [6.45, 7) is -0.405. The molecule has 2 aromatic rings. The fraction of sp³-hybridized carbons (Fsp3) is 0.300. The van der Waals surface area contributed by atoms with Crippen LogP contribution < -0.4 is 0 Å². The summed E-state index contributed by atoms with van der Waals surface area (Å²) in [4.78, 5) is 24.2. The second kappa shape index (κ2) is 8.94. The summed E-state index contributed by atoms with van der Waals surface area (Å²) in [7, 11) is 0. The molecular weight excluding hydrogens is 368 g/mol. The highest BCUT2D eigenvalue weighted by Gasteiger charge is 2.46. The van der Waals surface area contributed by atoms with E-state index in [0.29, 0.717) is 5.56 Å². The van der Waals surface area contributed by atoms with E-state index in [9.17, 15) is 24.9 Å². The number of aliphatic hydroxyl groups is 3. The first kappa shape index (κ1) is 20.0. The lowest BCUT2D eigenvalue weighted by molar-refractivity contribution is -0.285. The normalized spacial score (nSPS) is 27.0. The lowest BCUT2D eigenvalue weighted by Crippen LogP contribution is -2.60. The van der Waals surface area contributed by atoms with E-state index in [4.69, 9.17) is 14.2 Å². The monoisotopic (exact) mass is 388 g/mol. The summed E-state index contributed by atoms with van der Waals surface area (Å²) in [6, 6.07) is 16.2. The Bertz CT molecular complexity index is 794. The highest BCUT2D eigenvalue weighted by molar-refractivity contribution is 5.89. The second-order valence-electron chi connectivity index (χ2n) is 6.25. The minimum absolute atomic E-state index is 0.218. The van der Waals surface area contributed by atoms with Crippen LogP contribution in [0.5, 0.6) is 0 Å². The van der Waals surface area contributed by atoms with Gasteiger partial charge in [0.25, 0.3) is 0 Å². The fourth-order valence-electron chi connectivity index (χ4n) is 2.77. The average molecular weight is 388 g/mol. The number of hydrogen-bond acceptors (Lipinski definition) is 8. The molecule has 5 atom stereocenters. The third-order valence-corrected chi connectivity index (χ3v) is 4.30. The first-order valence-corrected chi connectivity index (χ1v) is 8.65. The molecule has 0 aromatic heterocycles. The Kier molecular flexibility index (Phi) is 6.37. The molecule has 148 valence electrons. The molecule has 0 unspecified atom stereocenters. The van der Waals surface area contributed by atoms with Crippen molar-refractivity contribution in [2.75, 3.05) is 6.61 Å². The van der Waals surface area contributed by atoms with Gasteiger partial charge in [-0.2, -0.15) is 0 Å². The van der Waals surface area contributed by atoms with Crippen molar-refractivity contribution in [1.29, 1.82) is 0 Å². The number of carbonyl (C=O) groups excluding carboxylic acids is 2. The molecule has 0 amide bonds. The first-order valence-electron chi connectivity index (χ1n) is 8.65. The largest absolute Gasteiger partial charge is 0.459 e. The Morgan fingerprint density at radius 1 is 0.821 bits per heavy atom. The minimum atomic E-state index is -1.72. The molecule has 1 fully saturated rings. The highest BCUT2D eigenvalue weighted by atomic mass is 16.7. The lowest BCUT2D eigenvalue weighted by atomic mass is 9.99. The molecule has 1 aliphatic rings. The van der Waals surface area contributed by atoms with Gasteiger partial charge in [-0.1, -0.05) is 36.4 Å². The number of rotatable bonds is 5. The van der Waals surface area contributed by atoms with Crippen molar-refractivity contribution in [3.8, 4) is 0 Å². The van der Waals surface area contributed by atoms with E-state index in [1.165, 1.54) is 12.1 Å². The van der Waals surface area contributed by atoms with Crippen LogP contribution in [-0.4, -0.2) is 64.6 Å². The van der Waals surface area contributed by atoms with Crippen molar-refractivity contribution in [2.45, 2.75) is 30.7 Å². The zero-order valence-corrected chi connectivity index (χ0v) is 14.8. The minimum Gasteiger partial charge on any atom is -0.459 e. The van der Waals surface area contributed by atoms with Crippen molar-refractivity contribution in [2.24, 2.45) is 0 Å². The summed E-state index contributed by atoms with van der Waals surface area (Å²) in [5.74, 6) is -1.42. The predicted octanol–water partition coefficient (Wildman–Crippen LogP) is 0.508. The van der Waals surface area contributed by atoms with Crippen molar-refractivity contribution in [1.82, 2.24) is 0 Å². The predicted molar refractivity (Wildman–Crippen MR) is 95.3 cm³/mol. The molecule has 3 rings (SSSR count). The van der Waals surface area contributed by atoms with Gasteiger partial charge in [0.05, 0.1) is 11.1 Å². The molecule has 0 spiro atoms. The van der Waals surface area contributed by atoms with Crippen molar-refractivity contribution in [3.63, 3.8) is 0 Å². The molecule has 3 N–H and O–H groups in total. The summed E-state index contributed by atoms with van der Waals surface area (Å²) in [5, 5.41) is 30.4. The topological polar surface area (TPSA) is 123 Å². The van der Waals surface area contributed by atoms with E-state index in [0.717, 1.165) is 0 Å². The molecule has 2 aromatic carbocycles. The summed E-state index contributed by atoms with van der Waals surface area (Å²) >= 11 is 0. The van der Waals surface area contributed by atoms with Gasteiger partial charge >= 0.3 is 11.9 Å². The molecule has 1 aliphatic heterocycles. The van der Waals surface area contributed by atoms with E-state index < -0.39 is 49.3 Å². The molecule has 28 heavy (non-hydrogen) atoms. The maximum Gasteiger partial charge on any atom is 0.338 e. The van der Waals surface area contributed by atoms with Crippen molar-refractivity contribution >= 4 is 11.9 Å². The van der Waals surface area contributed by atoms with Gasteiger partial charge in [-0.15, -0.1) is 0 Å². The van der Waals surface area contributed by atoms with Crippen LogP contribution >= 0.6 is 0 Å². The standard InChI is InChI=1S/C20H20O8/c21-15-14(11-26-18(23)12-7-3-1-4-8-12)27-20(25)16(22)17(15)28-19(24)13-9-5-2-6-10-13/h1-10,14-17,20-22,25H,11H2/t14-,15+,16-,17+,20+/m1/s1. The highest BCUT2D eigenvalue weighted by Crippen LogP contribution is 2.24. The third kappa shape index (κ3) is 4.55. The van der Waals surface area contributed by atoms with Crippen LogP contribution in [0.3, 0.4) is 0 Å². The summed E-state index contributed by atoms with van der Waals surface area (Å²) < 4.78 is 15.4. The quantitative estimate of drug-likeness (QED) is 0.633. The van der Waals surface area contributed by atoms with Crippen LogP contribution in [-0.2, 0) is 14.2 Å². The van der Waals surface area contributed by atoms with Gasteiger partial charge in [0.2, 0.25) is 0 Å². The number of aliphatic hydroxyl groups excluding tert-OH is 3. The maximum atomic E-state index is 12.2. The number of ether oxygens (including phenoxy) is 3. The van der Waals surface area contributed by atoms with Gasteiger partial charge < -0.3 is 29.5 Å². The van der Waals surface area contributed by atoms with Crippen LogP contribution in [0.25, 0.3) is 0 Å². The number of hydrogen-bond donors (Lipinski definition) is 3. The smallest absolute Gasteiger partial charge is 0.338 e. The van der Waals surface area contributed by atoms with Crippen molar-refractivity contribution < 1.29 is 39.1 Å². The molecule has 8 nitrogen and oxygen atoms in total. The number of carbonyl (C=O) groups is 2. The van der Waals surface area contributed by atoms with E-state index in [1.54, 1.807) is 48.5 Å². The molecule has 8 heteroatoms.